The molecule has 2 amide bonds. The summed E-state index contributed by atoms with van der Waals surface area (Å²) in [7, 11) is 0. The van der Waals surface area contributed by atoms with Crippen LogP contribution in [-0.4, -0.2) is 57.0 Å². The second-order valence-corrected chi connectivity index (χ2v) is 6.22. The number of amides is 2. The summed E-state index contributed by atoms with van der Waals surface area (Å²) in [5.41, 5.74) is 0.250. The number of nitrogens with zero attached hydrogens (tertiary/aromatic N) is 1. The lowest BCUT2D eigenvalue weighted by atomic mass is 9.87. The topological polar surface area (TPSA) is 50.8 Å². The van der Waals surface area contributed by atoms with Crippen molar-refractivity contribution in [1.82, 2.24) is 10.2 Å². The van der Waals surface area contributed by atoms with Crippen molar-refractivity contribution in [3.8, 4) is 0 Å². The third-order valence-corrected chi connectivity index (χ3v) is 4.48. The highest BCUT2D eigenvalue weighted by atomic mass is 16.5. The van der Waals surface area contributed by atoms with Gasteiger partial charge in [-0.25, -0.2) is 4.79 Å². The van der Waals surface area contributed by atoms with Crippen molar-refractivity contribution in [3.63, 3.8) is 0 Å². The molecule has 2 heterocycles. The summed E-state index contributed by atoms with van der Waals surface area (Å²) >= 11 is 0. The first-order valence-electron chi connectivity index (χ1n) is 7.46. The van der Waals surface area contributed by atoms with E-state index in [1.54, 1.807) is 0 Å². The van der Waals surface area contributed by atoms with Crippen LogP contribution in [0, 0.1) is 11.3 Å². The largest absolute Gasteiger partial charge is 0.381 e. The fourth-order valence-electron chi connectivity index (χ4n) is 2.96. The number of urea groups is 1. The first-order chi connectivity index (χ1) is 9.27. The molecular formula is C14H24N2O3. The van der Waals surface area contributed by atoms with Gasteiger partial charge in [0.2, 0.25) is 0 Å². The molecule has 1 atom stereocenters. The molecule has 0 aromatic carbocycles. The summed E-state index contributed by atoms with van der Waals surface area (Å²) in [6.45, 7) is 5.49. The maximum Gasteiger partial charge on any atom is 0.317 e. The van der Waals surface area contributed by atoms with Gasteiger partial charge < -0.3 is 19.7 Å². The van der Waals surface area contributed by atoms with Gasteiger partial charge in [0.15, 0.2) is 0 Å². The Labute approximate surface area is 114 Å². The quantitative estimate of drug-likeness (QED) is 0.763. The highest BCUT2D eigenvalue weighted by molar-refractivity contribution is 5.74. The molecule has 1 spiro atoms. The standard InChI is InChI=1S/C14H24N2O3/c17-13(15-5-8-18-9-12-1-2-12)16-6-3-14(10-16)4-7-19-11-14/h12H,1-11H2,(H,15,17)/t14-/m1/s1. The van der Waals surface area contributed by atoms with Crippen LogP contribution in [0.15, 0.2) is 0 Å². The van der Waals surface area contributed by atoms with E-state index in [1.165, 1.54) is 12.8 Å². The van der Waals surface area contributed by atoms with Gasteiger partial charge in [0.1, 0.15) is 0 Å². The SMILES string of the molecule is O=C(NCCOCC1CC1)N1CC[C@@]2(CCOC2)C1. The third-order valence-electron chi connectivity index (χ3n) is 4.48. The van der Waals surface area contributed by atoms with Crippen molar-refractivity contribution in [2.75, 3.05) is 46.1 Å². The van der Waals surface area contributed by atoms with Crippen molar-refractivity contribution in [2.24, 2.45) is 11.3 Å². The Morgan fingerprint density at radius 1 is 1.42 bits per heavy atom. The zero-order valence-electron chi connectivity index (χ0n) is 11.5. The summed E-state index contributed by atoms with van der Waals surface area (Å²) in [4.78, 5) is 13.9. The molecule has 1 saturated carbocycles. The fraction of sp³-hybridized carbons (Fsp3) is 0.929. The van der Waals surface area contributed by atoms with E-state index in [0.29, 0.717) is 13.2 Å². The van der Waals surface area contributed by atoms with Gasteiger partial charge in [-0.15, -0.1) is 0 Å². The number of nitrogens with one attached hydrogen (secondary N) is 1. The highest BCUT2D eigenvalue weighted by Gasteiger charge is 2.42. The maximum absolute atomic E-state index is 12.0. The van der Waals surface area contributed by atoms with E-state index in [1.807, 2.05) is 4.90 Å². The number of carbonyl (C=O) groups is 1. The summed E-state index contributed by atoms with van der Waals surface area (Å²) < 4.78 is 11.0. The number of carbonyl (C=O) groups excluding carboxylic acids is 1. The van der Waals surface area contributed by atoms with Gasteiger partial charge in [0, 0.05) is 38.3 Å². The van der Waals surface area contributed by atoms with Gasteiger partial charge in [-0.3, -0.25) is 0 Å². The van der Waals surface area contributed by atoms with Gasteiger partial charge >= 0.3 is 6.03 Å². The molecule has 3 rings (SSSR count). The molecule has 5 nitrogen and oxygen atoms in total. The molecule has 1 aliphatic carbocycles. The highest BCUT2D eigenvalue weighted by Crippen LogP contribution is 2.38. The van der Waals surface area contributed by atoms with Crippen LogP contribution >= 0.6 is 0 Å². The first-order valence-corrected chi connectivity index (χ1v) is 7.46. The number of ether oxygens (including phenoxy) is 2. The van der Waals surface area contributed by atoms with Crippen LogP contribution in [0.5, 0.6) is 0 Å². The van der Waals surface area contributed by atoms with E-state index in [4.69, 9.17) is 9.47 Å². The minimum atomic E-state index is 0.0544. The second-order valence-electron chi connectivity index (χ2n) is 6.22. The van der Waals surface area contributed by atoms with Crippen LogP contribution in [0.25, 0.3) is 0 Å². The Kier molecular flexibility index (Phi) is 3.93. The van der Waals surface area contributed by atoms with Crippen molar-refractivity contribution in [1.29, 1.82) is 0 Å². The average Bonchev–Trinajstić information content (AvgIpc) is 2.98. The maximum atomic E-state index is 12.0. The van der Waals surface area contributed by atoms with Gasteiger partial charge in [0.05, 0.1) is 13.2 Å². The summed E-state index contributed by atoms with van der Waals surface area (Å²) in [5, 5.41) is 2.95. The molecular weight excluding hydrogens is 244 g/mol. The zero-order chi connectivity index (χ0) is 13.1. The van der Waals surface area contributed by atoms with E-state index in [-0.39, 0.29) is 11.4 Å². The molecule has 0 aromatic heterocycles. The molecule has 2 aliphatic heterocycles. The van der Waals surface area contributed by atoms with Crippen molar-refractivity contribution in [3.05, 3.63) is 0 Å². The van der Waals surface area contributed by atoms with Crippen LogP contribution < -0.4 is 5.32 Å². The number of likely N-dealkylation sites (tertiary alicyclic amines) is 1. The van der Waals surface area contributed by atoms with Gasteiger partial charge in [0.25, 0.3) is 0 Å². The average molecular weight is 268 g/mol. The lowest BCUT2D eigenvalue weighted by Gasteiger charge is -2.22. The molecule has 19 heavy (non-hydrogen) atoms. The molecule has 3 aliphatic rings. The predicted octanol–water partition coefficient (Wildman–Crippen LogP) is 1.23. The Morgan fingerprint density at radius 2 is 2.32 bits per heavy atom. The minimum Gasteiger partial charge on any atom is -0.381 e. The van der Waals surface area contributed by atoms with Gasteiger partial charge in [-0.2, -0.15) is 0 Å². The smallest absolute Gasteiger partial charge is 0.317 e. The molecule has 1 N–H and O–H groups in total. The number of hydrogen-bond donors (Lipinski definition) is 1. The van der Waals surface area contributed by atoms with E-state index >= 15 is 0 Å². The Balaban J connectivity index is 1.31. The van der Waals surface area contributed by atoms with Crippen molar-refractivity contribution < 1.29 is 14.3 Å². The normalized spacial score (nSPS) is 30.2. The van der Waals surface area contributed by atoms with Crippen LogP contribution in [-0.2, 0) is 9.47 Å². The van der Waals surface area contributed by atoms with Gasteiger partial charge in [-0.05, 0) is 31.6 Å². The third kappa shape index (κ3) is 3.39. The molecule has 0 unspecified atom stereocenters. The molecule has 2 saturated heterocycles. The first kappa shape index (κ1) is 13.2. The Morgan fingerprint density at radius 3 is 3.05 bits per heavy atom. The van der Waals surface area contributed by atoms with E-state index in [9.17, 15) is 4.79 Å². The second kappa shape index (κ2) is 5.67. The lowest BCUT2D eigenvalue weighted by molar-refractivity contribution is 0.124. The molecule has 0 aromatic rings. The van der Waals surface area contributed by atoms with Crippen LogP contribution in [0.4, 0.5) is 4.79 Å². The Hall–Kier alpha value is -0.810. The van der Waals surface area contributed by atoms with E-state index < -0.39 is 0 Å². The zero-order valence-corrected chi connectivity index (χ0v) is 11.5. The molecule has 5 heteroatoms. The van der Waals surface area contributed by atoms with E-state index in [2.05, 4.69) is 5.32 Å². The minimum absolute atomic E-state index is 0.0544. The number of hydrogen-bond acceptors (Lipinski definition) is 3. The summed E-state index contributed by atoms with van der Waals surface area (Å²) in [6, 6.07) is 0.0544. The fourth-order valence-corrected chi connectivity index (χ4v) is 2.96. The molecule has 108 valence electrons. The van der Waals surface area contributed by atoms with Crippen LogP contribution in [0.1, 0.15) is 25.7 Å². The van der Waals surface area contributed by atoms with Crippen molar-refractivity contribution >= 4 is 6.03 Å². The molecule has 3 fully saturated rings. The van der Waals surface area contributed by atoms with Crippen LogP contribution in [0.3, 0.4) is 0 Å². The van der Waals surface area contributed by atoms with Crippen molar-refractivity contribution in [2.45, 2.75) is 25.7 Å². The summed E-state index contributed by atoms with van der Waals surface area (Å²) in [6.07, 6.45) is 4.80. The van der Waals surface area contributed by atoms with Gasteiger partial charge in [-0.1, -0.05) is 0 Å². The lowest BCUT2D eigenvalue weighted by Crippen LogP contribution is -2.41. The predicted molar refractivity (Wildman–Crippen MR) is 71.0 cm³/mol. The van der Waals surface area contributed by atoms with Crippen LogP contribution in [0.2, 0.25) is 0 Å². The van der Waals surface area contributed by atoms with E-state index in [0.717, 1.165) is 51.7 Å². The molecule has 0 bridgehead atoms. The monoisotopic (exact) mass is 268 g/mol. The molecule has 0 radical (unpaired) electrons. The Bertz CT molecular complexity index is 325. The summed E-state index contributed by atoms with van der Waals surface area (Å²) in [5.74, 6) is 0.788. The number of rotatable bonds is 5.